The number of aryl methyl sites for hydroxylation is 1. The molecule has 7 heteroatoms. The second-order valence-electron chi connectivity index (χ2n) is 3.90. The fourth-order valence-electron chi connectivity index (χ4n) is 1.56. The van der Waals surface area contributed by atoms with Crippen LogP contribution in [-0.4, -0.2) is 32.3 Å². The lowest BCUT2D eigenvalue weighted by molar-refractivity contribution is 0.0526. The van der Waals surface area contributed by atoms with Crippen molar-refractivity contribution in [3.8, 4) is 5.82 Å². The Hall–Kier alpha value is -1.95. The Labute approximate surface area is 115 Å². The topological polar surface area (TPSA) is 69.9 Å². The van der Waals surface area contributed by atoms with Gasteiger partial charge in [-0.15, -0.1) is 0 Å². The van der Waals surface area contributed by atoms with Crippen molar-refractivity contribution in [1.29, 1.82) is 0 Å². The van der Waals surface area contributed by atoms with Gasteiger partial charge in [0.2, 0.25) is 0 Å². The average Bonchev–Trinajstić information content (AvgIpc) is 2.83. The Morgan fingerprint density at radius 2 is 2.16 bits per heavy atom. The van der Waals surface area contributed by atoms with Gasteiger partial charge < -0.3 is 4.74 Å². The molecule has 0 aliphatic rings. The predicted molar refractivity (Wildman–Crippen MR) is 69.6 cm³/mol. The molecule has 19 heavy (non-hydrogen) atoms. The van der Waals surface area contributed by atoms with E-state index in [4.69, 9.17) is 16.3 Å². The largest absolute Gasteiger partial charge is 0.462 e. The van der Waals surface area contributed by atoms with Crippen LogP contribution in [0.4, 0.5) is 0 Å². The maximum Gasteiger partial charge on any atom is 0.341 e. The molecule has 2 rings (SSSR count). The van der Waals surface area contributed by atoms with E-state index < -0.39 is 5.97 Å². The summed E-state index contributed by atoms with van der Waals surface area (Å²) in [4.78, 5) is 19.9. The van der Waals surface area contributed by atoms with Gasteiger partial charge in [0.1, 0.15) is 11.0 Å². The first kappa shape index (κ1) is 13.5. The van der Waals surface area contributed by atoms with Gasteiger partial charge >= 0.3 is 5.97 Å². The molecule has 0 unspecified atom stereocenters. The second-order valence-corrected chi connectivity index (χ2v) is 4.26. The van der Waals surface area contributed by atoms with Crippen LogP contribution in [0.5, 0.6) is 0 Å². The van der Waals surface area contributed by atoms with Crippen molar-refractivity contribution < 1.29 is 9.53 Å². The first-order valence-electron chi connectivity index (χ1n) is 5.75. The normalized spacial score (nSPS) is 10.5. The summed E-state index contributed by atoms with van der Waals surface area (Å²) in [5, 5.41) is 4.47. The fourth-order valence-corrected chi connectivity index (χ4v) is 1.77. The molecule has 0 amide bonds. The number of aromatic nitrogens is 4. The minimum Gasteiger partial charge on any atom is -0.462 e. The number of carbonyl (C=O) groups excluding carboxylic acids is 1. The van der Waals surface area contributed by atoms with Crippen LogP contribution in [0.3, 0.4) is 0 Å². The molecule has 0 N–H and O–H groups in total. The van der Waals surface area contributed by atoms with Gasteiger partial charge in [0.05, 0.1) is 18.4 Å². The Morgan fingerprint density at radius 1 is 1.42 bits per heavy atom. The number of nitrogens with zero attached hydrogens (tertiary/aromatic N) is 4. The third-order valence-electron chi connectivity index (χ3n) is 2.48. The summed E-state index contributed by atoms with van der Waals surface area (Å²) >= 11 is 6.00. The van der Waals surface area contributed by atoms with Crippen molar-refractivity contribution in [2.75, 3.05) is 6.61 Å². The summed E-state index contributed by atoms with van der Waals surface area (Å²) < 4.78 is 6.39. The molecule has 0 bridgehead atoms. The Balaban J connectivity index is 2.41. The highest BCUT2D eigenvalue weighted by Gasteiger charge is 2.14. The molecule has 0 aromatic carbocycles. The molecule has 2 aromatic heterocycles. The number of ether oxygens (including phenoxy) is 1. The van der Waals surface area contributed by atoms with Gasteiger partial charge in [-0.25, -0.2) is 19.4 Å². The van der Waals surface area contributed by atoms with E-state index in [9.17, 15) is 4.79 Å². The Kier molecular flexibility index (Phi) is 3.80. The Bertz CT molecular complexity index is 624. The zero-order valence-corrected chi connectivity index (χ0v) is 11.6. The molecule has 0 spiro atoms. The first-order valence-corrected chi connectivity index (χ1v) is 6.13. The zero-order chi connectivity index (χ0) is 14.0. The van der Waals surface area contributed by atoms with E-state index in [-0.39, 0.29) is 0 Å². The number of carbonyl (C=O) groups is 1. The van der Waals surface area contributed by atoms with Crippen LogP contribution in [-0.2, 0) is 4.74 Å². The van der Waals surface area contributed by atoms with E-state index in [1.807, 2.05) is 0 Å². The molecule has 0 saturated carbocycles. The Morgan fingerprint density at radius 3 is 2.84 bits per heavy atom. The highest BCUT2D eigenvalue weighted by molar-refractivity contribution is 6.30. The van der Waals surface area contributed by atoms with Crippen LogP contribution in [0.15, 0.2) is 12.4 Å². The summed E-state index contributed by atoms with van der Waals surface area (Å²) in [6.45, 7) is 5.61. The lowest BCUT2D eigenvalue weighted by atomic mass is 10.3. The molecule has 100 valence electrons. The molecule has 0 atom stereocenters. The van der Waals surface area contributed by atoms with E-state index in [1.165, 1.54) is 10.9 Å². The zero-order valence-electron chi connectivity index (χ0n) is 10.8. The van der Waals surface area contributed by atoms with Gasteiger partial charge in [-0.1, -0.05) is 11.6 Å². The smallest absolute Gasteiger partial charge is 0.341 e. The van der Waals surface area contributed by atoms with Crippen LogP contribution in [0.1, 0.15) is 28.7 Å². The highest BCUT2D eigenvalue weighted by Crippen LogP contribution is 2.18. The summed E-state index contributed by atoms with van der Waals surface area (Å²) in [7, 11) is 0. The van der Waals surface area contributed by atoms with Crippen LogP contribution < -0.4 is 0 Å². The first-order chi connectivity index (χ1) is 9.02. The number of halogens is 1. The van der Waals surface area contributed by atoms with Gasteiger partial charge in [-0.3, -0.25) is 0 Å². The molecule has 0 saturated heterocycles. The third-order valence-corrected chi connectivity index (χ3v) is 2.85. The molecule has 6 nitrogen and oxygen atoms in total. The van der Waals surface area contributed by atoms with Crippen molar-refractivity contribution >= 4 is 17.6 Å². The van der Waals surface area contributed by atoms with Gasteiger partial charge in [0.25, 0.3) is 0 Å². The number of esters is 1. The maximum atomic E-state index is 11.6. The molecule has 0 aliphatic carbocycles. The lowest BCUT2D eigenvalue weighted by Crippen LogP contribution is -2.06. The SMILES string of the molecule is CCOC(=O)c1cnn(-c2nc(C)nc(Cl)c2C)c1. The maximum absolute atomic E-state index is 11.6. The molecule has 0 aliphatic heterocycles. The van der Waals surface area contributed by atoms with Crippen LogP contribution in [0.2, 0.25) is 5.15 Å². The molecule has 2 heterocycles. The van der Waals surface area contributed by atoms with E-state index in [0.717, 1.165) is 0 Å². The molecular formula is C12H13ClN4O2. The summed E-state index contributed by atoms with van der Waals surface area (Å²) in [5.74, 6) is 0.676. The van der Waals surface area contributed by atoms with Crippen molar-refractivity contribution in [1.82, 2.24) is 19.7 Å². The molecule has 2 aromatic rings. The molecule has 0 fully saturated rings. The van der Waals surface area contributed by atoms with Gasteiger partial charge in [-0.05, 0) is 20.8 Å². The minimum absolute atomic E-state index is 0.321. The summed E-state index contributed by atoms with van der Waals surface area (Å²) in [5.41, 5.74) is 1.07. The van der Waals surface area contributed by atoms with E-state index in [1.54, 1.807) is 27.0 Å². The quantitative estimate of drug-likeness (QED) is 0.636. The van der Waals surface area contributed by atoms with Crippen molar-refractivity contribution in [3.63, 3.8) is 0 Å². The third kappa shape index (κ3) is 2.73. The van der Waals surface area contributed by atoms with Gasteiger partial charge in [0, 0.05) is 11.8 Å². The van der Waals surface area contributed by atoms with Gasteiger partial charge in [-0.2, -0.15) is 5.10 Å². The monoisotopic (exact) mass is 280 g/mol. The fraction of sp³-hybridized carbons (Fsp3) is 0.333. The number of hydrogen-bond acceptors (Lipinski definition) is 5. The van der Waals surface area contributed by atoms with Crippen LogP contribution in [0, 0.1) is 13.8 Å². The summed E-state index contributed by atoms with van der Waals surface area (Å²) in [6.07, 6.45) is 2.99. The molecular weight excluding hydrogens is 268 g/mol. The van der Waals surface area contributed by atoms with Crippen molar-refractivity contribution in [2.45, 2.75) is 20.8 Å². The van der Waals surface area contributed by atoms with Gasteiger partial charge in [0.15, 0.2) is 5.82 Å². The summed E-state index contributed by atoms with van der Waals surface area (Å²) in [6, 6.07) is 0. The average molecular weight is 281 g/mol. The number of hydrogen-bond donors (Lipinski definition) is 0. The van der Waals surface area contributed by atoms with E-state index in [2.05, 4.69) is 15.1 Å². The lowest BCUT2D eigenvalue weighted by Gasteiger charge is -2.06. The minimum atomic E-state index is -0.414. The van der Waals surface area contributed by atoms with E-state index in [0.29, 0.717) is 34.5 Å². The van der Waals surface area contributed by atoms with Crippen LogP contribution >= 0.6 is 11.6 Å². The second kappa shape index (κ2) is 5.36. The van der Waals surface area contributed by atoms with Crippen molar-refractivity contribution in [3.05, 3.63) is 34.5 Å². The molecule has 0 radical (unpaired) electrons. The standard InChI is InChI=1S/C12H13ClN4O2/c1-4-19-12(18)9-5-14-17(6-9)11-7(2)10(13)15-8(3)16-11/h5-6H,4H2,1-3H3. The predicted octanol–water partition coefficient (Wildman–Crippen LogP) is 2.11. The number of rotatable bonds is 3. The van der Waals surface area contributed by atoms with E-state index >= 15 is 0 Å². The van der Waals surface area contributed by atoms with Crippen LogP contribution in [0.25, 0.3) is 5.82 Å². The van der Waals surface area contributed by atoms with Crippen molar-refractivity contribution in [2.24, 2.45) is 0 Å². The highest BCUT2D eigenvalue weighted by atomic mass is 35.5.